The van der Waals surface area contributed by atoms with Crippen LogP contribution in [0.5, 0.6) is 5.75 Å². The van der Waals surface area contributed by atoms with Gasteiger partial charge in [-0.05, 0) is 30.4 Å². The van der Waals surface area contributed by atoms with E-state index in [4.69, 9.17) is 10.5 Å². The molecule has 1 atom stereocenters. The first-order valence-electron chi connectivity index (χ1n) is 7.25. The molecule has 0 saturated heterocycles. The van der Waals surface area contributed by atoms with Gasteiger partial charge < -0.3 is 15.4 Å². The highest BCUT2D eigenvalue weighted by Crippen LogP contribution is 2.53. The fourth-order valence-electron chi connectivity index (χ4n) is 3.84. The lowest BCUT2D eigenvalue weighted by Gasteiger charge is -2.46. The molecule has 20 heavy (non-hydrogen) atoms. The number of ether oxygens (including phenoxy) is 1. The van der Waals surface area contributed by atoms with Crippen LogP contribution in [0.1, 0.15) is 33.1 Å². The molecule has 1 heterocycles. The molecule has 1 spiro atoms. The van der Waals surface area contributed by atoms with Crippen molar-refractivity contribution in [2.45, 2.75) is 38.6 Å². The Morgan fingerprint density at radius 1 is 1.25 bits per heavy atom. The van der Waals surface area contributed by atoms with E-state index in [2.05, 4.69) is 29.8 Å². The molecule has 4 heteroatoms. The van der Waals surface area contributed by atoms with Gasteiger partial charge in [0.2, 0.25) is 0 Å². The molecule has 1 unspecified atom stereocenters. The van der Waals surface area contributed by atoms with E-state index in [-0.39, 0.29) is 11.0 Å². The molecule has 2 N–H and O–H groups in total. The quantitative estimate of drug-likeness (QED) is 0.901. The maximum Gasteiger partial charge on any atom is 0.196 e. The zero-order valence-corrected chi connectivity index (χ0v) is 12.5. The first kappa shape index (κ1) is 13.3. The summed E-state index contributed by atoms with van der Waals surface area (Å²) < 4.78 is 5.52. The molecule has 1 fully saturated rings. The summed E-state index contributed by atoms with van der Waals surface area (Å²) in [5.74, 6) is 1.47. The largest absolute Gasteiger partial charge is 0.495 e. The summed E-state index contributed by atoms with van der Waals surface area (Å²) in [5, 5.41) is 0. The zero-order chi connectivity index (χ0) is 14.4. The van der Waals surface area contributed by atoms with E-state index >= 15 is 0 Å². The van der Waals surface area contributed by atoms with Crippen LogP contribution in [0.15, 0.2) is 29.3 Å². The minimum Gasteiger partial charge on any atom is -0.495 e. The summed E-state index contributed by atoms with van der Waals surface area (Å²) in [5.41, 5.74) is 7.45. The van der Waals surface area contributed by atoms with Crippen LogP contribution >= 0.6 is 0 Å². The maximum absolute atomic E-state index is 6.23. The Labute approximate surface area is 120 Å². The Morgan fingerprint density at radius 3 is 2.65 bits per heavy atom. The monoisotopic (exact) mass is 273 g/mol. The Hall–Kier alpha value is -1.71. The smallest absolute Gasteiger partial charge is 0.196 e. The highest BCUT2D eigenvalue weighted by Gasteiger charge is 2.56. The summed E-state index contributed by atoms with van der Waals surface area (Å²) in [6, 6.07) is 8.07. The topological polar surface area (TPSA) is 50.9 Å². The van der Waals surface area contributed by atoms with Gasteiger partial charge >= 0.3 is 0 Å². The van der Waals surface area contributed by atoms with E-state index in [1.807, 2.05) is 18.2 Å². The van der Waals surface area contributed by atoms with Gasteiger partial charge in [-0.15, -0.1) is 0 Å². The minimum atomic E-state index is -0.00822. The number of benzene rings is 1. The third-order valence-electron chi connectivity index (χ3n) is 5.14. The van der Waals surface area contributed by atoms with Gasteiger partial charge in [0.15, 0.2) is 5.96 Å². The molecule has 0 aromatic heterocycles. The van der Waals surface area contributed by atoms with E-state index in [0.717, 1.165) is 24.4 Å². The molecule has 3 rings (SSSR count). The second kappa shape index (κ2) is 4.40. The number of guanidine groups is 1. The van der Waals surface area contributed by atoms with Gasteiger partial charge in [0, 0.05) is 0 Å². The Balaban J connectivity index is 2.12. The van der Waals surface area contributed by atoms with Crippen molar-refractivity contribution in [3.63, 3.8) is 0 Å². The average molecular weight is 273 g/mol. The molecule has 1 aromatic carbocycles. The number of hydrogen-bond donors (Lipinski definition) is 1. The fraction of sp³-hybridized carbons (Fsp3) is 0.562. The van der Waals surface area contributed by atoms with Crippen LogP contribution in [0.25, 0.3) is 0 Å². The third kappa shape index (κ3) is 1.63. The van der Waals surface area contributed by atoms with Gasteiger partial charge in [0.25, 0.3) is 0 Å². The molecule has 108 valence electrons. The van der Waals surface area contributed by atoms with Crippen molar-refractivity contribution < 1.29 is 4.74 Å². The first-order chi connectivity index (χ1) is 9.52. The van der Waals surface area contributed by atoms with Crippen LogP contribution in [-0.2, 0) is 0 Å². The summed E-state index contributed by atoms with van der Waals surface area (Å²) >= 11 is 0. The van der Waals surface area contributed by atoms with Crippen molar-refractivity contribution in [3.8, 4) is 5.75 Å². The van der Waals surface area contributed by atoms with Crippen LogP contribution in [0.2, 0.25) is 0 Å². The van der Waals surface area contributed by atoms with Crippen LogP contribution < -0.4 is 15.4 Å². The maximum atomic E-state index is 6.23. The first-order valence-corrected chi connectivity index (χ1v) is 7.25. The normalized spacial score (nSPS) is 27.9. The van der Waals surface area contributed by atoms with Crippen molar-refractivity contribution in [1.82, 2.24) is 0 Å². The number of methoxy groups -OCH3 is 1. The standard InChI is InChI=1S/C16H23N3O/c1-15(2)9-6-10-16(15)11-18-14(17)19(16)12-7-4-5-8-13(12)20-3/h4-5,7-8H,6,9-11H2,1-3H3,(H2,17,18). The van der Waals surface area contributed by atoms with Crippen LogP contribution in [0, 0.1) is 5.41 Å². The van der Waals surface area contributed by atoms with Crippen LogP contribution in [-0.4, -0.2) is 25.2 Å². The highest BCUT2D eigenvalue weighted by atomic mass is 16.5. The van der Waals surface area contributed by atoms with Crippen molar-refractivity contribution in [2.24, 2.45) is 16.1 Å². The summed E-state index contributed by atoms with van der Waals surface area (Å²) in [6.45, 7) is 5.44. The summed E-state index contributed by atoms with van der Waals surface area (Å²) in [6.07, 6.45) is 3.56. The SMILES string of the molecule is COc1ccccc1N1C(N)=NCC12CCCC2(C)C. The molecule has 1 saturated carbocycles. The number of nitrogens with two attached hydrogens (primary N) is 1. The average Bonchev–Trinajstić information content (AvgIpc) is 2.91. The zero-order valence-electron chi connectivity index (χ0n) is 12.5. The van der Waals surface area contributed by atoms with Gasteiger partial charge in [-0.2, -0.15) is 0 Å². The van der Waals surface area contributed by atoms with Gasteiger partial charge in [-0.1, -0.05) is 32.4 Å². The molecule has 4 nitrogen and oxygen atoms in total. The molecule has 1 aromatic rings. The predicted molar refractivity (Wildman–Crippen MR) is 82.3 cm³/mol. The van der Waals surface area contributed by atoms with Gasteiger partial charge in [0.1, 0.15) is 5.75 Å². The summed E-state index contributed by atoms with van der Waals surface area (Å²) in [4.78, 5) is 6.79. The lowest BCUT2D eigenvalue weighted by molar-refractivity contribution is 0.226. The van der Waals surface area contributed by atoms with Crippen molar-refractivity contribution >= 4 is 11.6 Å². The van der Waals surface area contributed by atoms with E-state index in [0.29, 0.717) is 5.96 Å². The molecule has 2 aliphatic rings. The Bertz CT molecular complexity index is 552. The minimum absolute atomic E-state index is 0.00822. The Morgan fingerprint density at radius 2 is 2.00 bits per heavy atom. The second-order valence-electron chi connectivity index (χ2n) is 6.45. The number of hydrogen-bond acceptors (Lipinski definition) is 4. The van der Waals surface area contributed by atoms with Crippen LogP contribution in [0.4, 0.5) is 5.69 Å². The molecule has 1 aliphatic carbocycles. The highest BCUT2D eigenvalue weighted by molar-refractivity contribution is 6.00. The second-order valence-corrected chi connectivity index (χ2v) is 6.45. The van der Waals surface area contributed by atoms with E-state index in [1.165, 1.54) is 12.8 Å². The van der Waals surface area contributed by atoms with E-state index in [1.54, 1.807) is 7.11 Å². The number of nitrogens with zero attached hydrogens (tertiary/aromatic N) is 2. The molecule has 0 amide bonds. The molecular formula is C16H23N3O. The fourth-order valence-corrected chi connectivity index (χ4v) is 3.84. The van der Waals surface area contributed by atoms with E-state index < -0.39 is 0 Å². The number of aliphatic imine (C=N–C) groups is 1. The van der Waals surface area contributed by atoms with Gasteiger partial charge in [-0.3, -0.25) is 4.99 Å². The van der Waals surface area contributed by atoms with E-state index in [9.17, 15) is 0 Å². The van der Waals surface area contributed by atoms with Gasteiger partial charge in [0.05, 0.1) is 24.9 Å². The predicted octanol–water partition coefficient (Wildman–Crippen LogP) is 2.78. The van der Waals surface area contributed by atoms with Crippen molar-refractivity contribution in [1.29, 1.82) is 0 Å². The van der Waals surface area contributed by atoms with Crippen molar-refractivity contribution in [2.75, 3.05) is 18.6 Å². The number of anilines is 1. The molecule has 0 radical (unpaired) electrons. The molecule has 1 aliphatic heterocycles. The third-order valence-corrected chi connectivity index (χ3v) is 5.14. The van der Waals surface area contributed by atoms with Gasteiger partial charge in [-0.25, -0.2) is 0 Å². The summed E-state index contributed by atoms with van der Waals surface area (Å²) in [7, 11) is 1.70. The van der Waals surface area contributed by atoms with Crippen LogP contribution in [0.3, 0.4) is 0 Å². The lowest BCUT2D eigenvalue weighted by Crippen LogP contribution is -2.57. The van der Waals surface area contributed by atoms with Crippen molar-refractivity contribution in [3.05, 3.63) is 24.3 Å². The molecular weight excluding hydrogens is 250 g/mol. The Kier molecular flexibility index (Phi) is 2.92. The molecule has 0 bridgehead atoms. The lowest BCUT2D eigenvalue weighted by atomic mass is 9.74. The number of para-hydroxylation sites is 2. The number of rotatable bonds is 2.